The van der Waals surface area contributed by atoms with Crippen molar-refractivity contribution in [1.29, 1.82) is 10.5 Å². The second-order valence-electron chi connectivity index (χ2n) is 8.85. The molecule has 1 aromatic heterocycles. The number of nitrogens with zero attached hydrogens (tertiary/aromatic N) is 5. The lowest BCUT2D eigenvalue weighted by Crippen LogP contribution is -2.51. The van der Waals surface area contributed by atoms with Gasteiger partial charge in [-0.1, -0.05) is 51.1 Å². The van der Waals surface area contributed by atoms with Crippen molar-refractivity contribution >= 4 is 5.91 Å². The van der Waals surface area contributed by atoms with Gasteiger partial charge in [-0.05, 0) is 23.8 Å². The summed E-state index contributed by atoms with van der Waals surface area (Å²) in [7, 11) is 1.82. The molecule has 2 aromatic rings. The molecule has 2 unspecified atom stereocenters. The number of hydrogen-bond acceptors (Lipinski definition) is 5. The maximum absolute atomic E-state index is 13.9. The Bertz CT molecular complexity index is 1090. The molecule has 146 valence electrons. The predicted molar refractivity (Wildman–Crippen MR) is 106 cm³/mol. The number of carbonyl (C=O) groups excluding carboxylic acids is 1. The summed E-state index contributed by atoms with van der Waals surface area (Å²) in [6, 6.07) is 13.8. The highest BCUT2D eigenvalue weighted by Crippen LogP contribution is 2.70. The molecule has 0 aliphatic heterocycles. The second kappa shape index (κ2) is 6.12. The Morgan fingerprint density at radius 2 is 1.62 bits per heavy atom. The number of hydrogen-bond donors (Lipinski definition) is 0. The topological polar surface area (TPSA) is 93.7 Å². The number of benzene rings is 1. The van der Waals surface area contributed by atoms with Crippen LogP contribution in [0.5, 0.6) is 0 Å². The fourth-order valence-corrected chi connectivity index (χ4v) is 5.37. The monoisotopic (exact) mass is 385 g/mol. The molecule has 1 aromatic carbocycles. The molecule has 2 aliphatic rings. The van der Waals surface area contributed by atoms with Crippen molar-refractivity contribution in [2.24, 2.45) is 5.41 Å². The Labute approximate surface area is 170 Å². The number of rotatable bonds is 3. The van der Waals surface area contributed by atoms with Crippen LogP contribution in [0.3, 0.4) is 0 Å². The molecule has 1 heterocycles. The number of aromatic nitrogens is 2. The summed E-state index contributed by atoms with van der Waals surface area (Å²) in [6.45, 7) is 6.79. The van der Waals surface area contributed by atoms with Crippen molar-refractivity contribution in [2.75, 3.05) is 7.05 Å². The largest absolute Gasteiger partial charge is 0.341 e. The minimum atomic E-state index is -0.854. The van der Waals surface area contributed by atoms with Crippen LogP contribution in [0.4, 0.5) is 0 Å². The number of nitriles is 2. The maximum Gasteiger partial charge on any atom is 0.235 e. The Kier molecular flexibility index (Phi) is 4.03. The summed E-state index contributed by atoms with van der Waals surface area (Å²) < 4.78 is 0. The molecule has 2 atom stereocenters. The fraction of sp³-hybridized carbons (Fsp3) is 0.435. The number of carbonyl (C=O) groups is 1. The van der Waals surface area contributed by atoms with E-state index in [2.05, 4.69) is 30.7 Å². The van der Waals surface area contributed by atoms with E-state index in [0.717, 1.165) is 12.0 Å². The van der Waals surface area contributed by atoms with E-state index in [1.54, 1.807) is 4.90 Å². The Morgan fingerprint density at radius 1 is 1.03 bits per heavy atom. The number of likely N-dealkylation sites (N-methyl/N-ethyl adjacent to an activating group) is 1. The van der Waals surface area contributed by atoms with Gasteiger partial charge < -0.3 is 4.90 Å². The lowest BCUT2D eigenvalue weighted by atomic mass is 9.63. The van der Waals surface area contributed by atoms with Crippen LogP contribution < -0.4 is 0 Å². The zero-order valence-electron chi connectivity index (χ0n) is 17.2. The highest BCUT2D eigenvalue weighted by atomic mass is 16.2. The van der Waals surface area contributed by atoms with Gasteiger partial charge in [-0.3, -0.25) is 4.79 Å². The van der Waals surface area contributed by atoms with Crippen LogP contribution in [0.15, 0.2) is 30.3 Å². The molecule has 1 fully saturated rings. The van der Waals surface area contributed by atoms with Gasteiger partial charge in [0.15, 0.2) is 11.4 Å². The van der Waals surface area contributed by atoms with E-state index in [1.807, 2.05) is 49.5 Å². The third kappa shape index (κ3) is 2.23. The molecule has 1 amide bonds. The van der Waals surface area contributed by atoms with Gasteiger partial charge in [-0.15, -0.1) is 0 Å². The van der Waals surface area contributed by atoms with Gasteiger partial charge in [-0.2, -0.15) is 10.5 Å². The number of amides is 1. The first kappa shape index (κ1) is 19.1. The summed E-state index contributed by atoms with van der Waals surface area (Å²) in [4.78, 5) is 24.8. The molecule has 0 saturated heterocycles. The Morgan fingerprint density at radius 3 is 2.21 bits per heavy atom. The first-order chi connectivity index (χ1) is 13.7. The van der Waals surface area contributed by atoms with Gasteiger partial charge in [0.1, 0.15) is 12.1 Å². The van der Waals surface area contributed by atoms with Gasteiger partial charge in [0.05, 0.1) is 16.8 Å². The van der Waals surface area contributed by atoms with Gasteiger partial charge in [0.2, 0.25) is 5.91 Å². The van der Waals surface area contributed by atoms with Crippen LogP contribution in [-0.2, 0) is 22.2 Å². The summed E-state index contributed by atoms with van der Waals surface area (Å²) in [5.41, 5.74) is 0.700. The van der Waals surface area contributed by atoms with Gasteiger partial charge in [0, 0.05) is 19.0 Å². The van der Waals surface area contributed by atoms with Gasteiger partial charge in [-0.25, -0.2) is 9.97 Å². The first-order valence-electron chi connectivity index (χ1n) is 9.75. The van der Waals surface area contributed by atoms with Crippen LogP contribution in [0.1, 0.15) is 62.0 Å². The minimum absolute atomic E-state index is 0.00303. The fourth-order valence-electron chi connectivity index (χ4n) is 5.37. The third-order valence-electron chi connectivity index (χ3n) is 7.46. The highest BCUT2D eigenvalue weighted by molar-refractivity contribution is 5.92. The van der Waals surface area contributed by atoms with E-state index in [-0.39, 0.29) is 22.7 Å². The minimum Gasteiger partial charge on any atom is -0.341 e. The standard InChI is InChI=1S/C23H23N5O/c1-21(2)22(3)10-11-23(21,19-18(22)26-16(12-24)17(13-25)27-19)20(29)28(4)14-15-8-6-5-7-9-15/h5-9H,10-11,14H2,1-4H3. The van der Waals surface area contributed by atoms with E-state index >= 15 is 0 Å². The normalized spacial score (nSPS) is 25.7. The average Bonchev–Trinajstić information content (AvgIpc) is 3.02. The first-order valence-corrected chi connectivity index (χ1v) is 9.75. The zero-order valence-corrected chi connectivity index (χ0v) is 17.2. The van der Waals surface area contributed by atoms with E-state index in [0.29, 0.717) is 24.4 Å². The molecule has 0 radical (unpaired) electrons. The van der Waals surface area contributed by atoms with Crippen molar-refractivity contribution in [3.8, 4) is 12.1 Å². The van der Waals surface area contributed by atoms with Gasteiger partial charge in [0.25, 0.3) is 0 Å². The van der Waals surface area contributed by atoms with Crippen LogP contribution >= 0.6 is 0 Å². The molecular weight excluding hydrogens is 362 g/mol. The molecule has 29 heavy (non-hydrogen) atoms. The van der Waals surface area contributed by atoms with E-state index < -0.39 is 10.8 Å². The molecule has 1 saturated carbocycles. The molecule has 2 bridgehead atoms. The summed E-state index contributed by atoms with van der Waals surface area (Å²) in [5.74, 6) is -0.00303. The SMILES string of the molecule is CN(Cc1ccccc1)C(=O)C12CCC(C)(c3nc(C#N)c(C#N)nc31)C2(C)C. The summed E-state index contributed by atoms with van der Waals surface area (Å²) >= 11 is 0. The lowest BCUT2D eigenvalue weighted by Gasteiger charge is -2.41. The van der Waals surface area contributed by atoms with Crippen molar-refractivity contribution in [2.45, 2.75) is 51.0 Å². The van der Waals surface area contributed by atoms with Crippen LogP contribution in [0.2, 0.25) is 0 Å². The third-order valence-corrected chi connectivity index (χ3v) is 7.46. The molecular formula is C23H23N5O. The van der Waals surface area contributed by atoms with Crippen LogP contribution in [0.25, 0.3) is 0 Å². The zero-order chi connectivity index (χ0) is 21.0. The Hall–Kier alpha value is -3.25. The van der Waals surface area contributed by atoms with Crippen LogP contribution in [0, 0.1) is 28.1 Å². The quantitative estimate of drug-likeness (QED) is 0.809. The highest BCUT2D eigenvalue weighted by Gasteiger charge is 2.73. The molecule has 6 nitrogen and oxygen atoms in total. The van der Waals surface area contributed by atoms with Crippen molar-refractivity contribution in [1.82, 2.24) is 14.9 Å². The number of fused-ring (bicyclic) bond motifs is 5. The molecule has 0 spiro atoms. The lowest BCUT2D eigenvalue weighted by molar-refractivity contribution is -0.140. The van der Waals surface area contributed by atoms with E-state index in [4.69, 9.17) is 0 Å². The van der Waals surface area contributed by atoms with Gasteiger partial charge >= 0.3 is 0 Å². The molecule has 0 N–H and O–H groups in total. The average molecular weight is 385 g/mol. The second-order valence-corrected chi connectivity index (χ2v) is 8.85. The maximum atomic E-state index is 13.9. The van der Waals surface area contributed by atoms with E-state index in [1.165, 1.54) is 0 Å². The van der Waals surface area contributed by atoms with Crippen molar-refractivity contribution < 1.29 is 4.79 Å². The van der Waals surface area contributed by atoms with Crippen molar-refractivity contribution in [3.63, 3.8) is 0 Å². The summed E-state index contributed by atoms with van der Waals surface area (Å²) in [5, 5.41) is 18.9. The summed E-state index contributed by atoms with van der Waals surface area (Å²) in [6.07, 6.45) is 1.45. The van der Waals surface area contributed by atoms with Crippen LogP contribution in [-0.4, -0.2) is 27.8 Å². The predicted octanol–water partition coefficient (Wildman–Crippen LogP) is 3.21. The Balaban J connectivity index is 1.86. The molecule has 6 heteroatoms. The molecule has 4 rings (SSSR count). The molecule has 2 aliphatic carbocycles. The van der Waals surface area contributed by atoms with Crippen molar-refractivity contribution in [3.05, 3.63) is 58.7 Å². The van der Waals surface area contributed by atoms with E-state index in [9.17, 15) is 15.3 Å². The smallest absolute Gasteiger partial charge is 0.235 e.